The van der Waals surface area contributed by atoms with Crippen LogP contribution in [-0.2, 0) is 6.54 Å². The molecule has 34 heavy (non-hydrogen) atoms. The Kier molecular flexibility index (Phi) is 5.64. The number of hydrogen-bond donors (Lipinski definition) is 2. The second-order valence-corrected chi connectivity index (χ2v) is 8.09. The first kappa shape index (κ1) is 21.9. The Bertz CT molecular complexity index is 1170. The van der Waals surface area contributed by atoms with E-state index in [9.17, 15) is 18.0 Å². The van der Waals surface area contributed by atoms with Crippen LogP contribution in [0.2, 0.25) is 0 Å². The third-order valence-electron chi connectivity index (χ3n) is 5.71. The number of amides is 1. The fourth-order valence-electron chi connectivity index (χ4n) is 4.18. The predicted octanol–water partition coefficient (Wildman–Crippen LogP) is 3.77. The van der Waals surface area contributed by atoms with Gasteiger partial charge in [-0.05, 0) is 37.5 Å². The first-order valence-electron chi connectivity index (χ1n) is 10.7. The molecule has 1 fully saturated rings. The van der Waals surface area contributed by atoms with E-state index < -0.39 is 12.1 Å². The van der Waals surface area contributed by atoms with Gasteiger partial charge in [-0.15, -0.1) is 13.2 Å². The number of fused-ring (bicyclic) bond motifs is 1. The molecule has 1 saturated carbocycles. The molecule has 0 spiro atoms. The van der Waals surface area contributed by atoms with Crippen LogP contribution in [0.1, 0.15) is 35.3 Å². The first-order valence-corrected chi connectivity index (χ1v) is 10.7. The monoisotopic (exact) mass is 471 g/mol. The Morgan fingerprint density at radius 1 is 0.971 bits per heavy atom. The molecule has 3 aromatic rings. The number of halogens is 3. The van der Waals surface area contributed by atoms with Crippen LogP contribution in [-0.4, -0.2) is 44.3 Å². The van der Waals surface area contributed by atoms with Crippen molar-refractivity contribution in [3.63, 3.8) is 0 Å². The first-order chi connectivity index (χ1) is 16.3. The van der Waals surface area contributed by atoms with E-state index in [2.05, 4.69) is 35.3 Å². The van der Waals surface area contributed by atoms with Gasteiger partial charge >= 0.3 is 6.36 Å². The van der Waals surface area contributed by atoms with E-state index in [1.807, 2.05) is 24.3 Å². The zero-order chi connectivity index (χ0) is 23.7. The van der Waals surface area contributed by atoms with Crippen molar-refractivity contribution >= 4 is 23.4 Å². The van der Waals surface area contributed by atoms with E-state index in [0.29, 0.717) is 23.7 Å². The Labute approximate surface area is 192 Å². The van der Waals surface area contributed by atoms with Gasteiger partial charge in [0.1, 0.15) is 11.5 Å². The number of anilines is 3. The van der Waals surface area contributed by atoms with E-state index in [1.54, 1.807) is 17.3 Å². The van der Waals surface area contributed by atoms with Gasteiger partial charge in [0.25, 0.3) is 5.91 Å². The second kappa shape index (κ2) is 8.76. The minimum atomic E-state index is -4.78. The van der Waals surface area contributed by atoms with Gasteiger partial charge in [0.05, 0.1) is 30.8 Å². The van der Waals surface area contributed by atoms with Crippen LogP contribution < -0.4 is 20.3 Å². The summed E-state index contributed by atoms with van der Waals surface area (Å²) < 4.78 is 40.5. The summed E-state index contributed by atoms with van der Waals surface area (Å²) in [4.78, 5) is 30.6. The molecule has 1 aliphatic heterocycles. The molecule has 0 unspecified atom stereocenters. The smallest absolute Gasteiger partial charge is 0.402 e. The number of rotatable bonds is 6. The van der Waals surface area contributed by atoms with Gasteiger partial charge in [0.15, 0.2) is 5.75 Å². The van der Waals surface area contributed by atoms with Crippen LogP contribution in [0.15, 0.2) is 49.1 Å². The molecular weight excluding hydrogens is 451 g/mol. The lowest BCUT2D eigenvalue weighted by Crippen LogP contribution is -2.24. The zero-order valence-electron chi connectivity index (χ0n) is 17.8. The molecule has 12 heteroatoms. The SMILES string of the molecule is O=C1c2ncccc2CN1c1ccc(N[C@H]2CC[C@H](Nc3ncc(OC(F)(F)F)cn3)C2)nc1. The number of aromatic nitrogens is 4. The van der Waals surface area contributed by atoms with Crippen molar-refractivity contribution in [1.29, 1.82) is 0 Å². The van der Waals surface area contributed by atoms with E-state index in [-0.39, 0.29) is 23.9 Å². The van der Waals surface area contributed by atoms with Crippen molar-refractivity contribution in [3.05, 3.63) is 60.3 Å². The van der Waals surface area contributed by atoms with Gasteiger partial charge in [-0.2, -0.15) is 0 Å². The Morgan fingerprint density at radius 2 is 1.74 bits per heavy atom. The average molecular weight is 471 g/mol. The molecular formula is C22H20F3N7O2. The minimum Gasteiger partial charge on any atom is -0.402 e. The number of carbonyl (C=O) groups is 1. The van der Waals surface area contributed by atoms with E-state index >= 15 is 0 Å². The average Bonchev–Trinajstić information content (AvgIpc) is 3.39. The van der Waals surface area contributed by atoms with Crippen LogP contribution in [0.25, 0.3) is 0 Å². The highest BCUT2D eigenvalue weighted by Gasteiger charge is 2.32. The van der Waals surface area contributed by atoms with Crippen molar-refractivity contribution in [2.45, 2.75) is 44.3 Å². The van der Waals surface area contributed by atoms with Crippen LogP contribution in [0.3, 0.4) is 0 Å². The van der Waals surface area contributed by atoms with Crippen molar-refractivity contribution in [2.75, 3.05) is 15.5 Å². The summed E-state index contributed by atoms with van der Waals surface area (Å²) in [6.07, 6.45) is 2.95. The quantitative estimate of drug-likeness (QED) is 0.560. The molecule has 0 saturated heterocycles. The summed E-state index contributed by atoms with van der Waals surface area (Å²) in [6, 6.07) is 7.62. The van der Waals surface area contributed by atoms with Crippen LogP contribution in [0.4, 0.5) is 30.6 Å². The summed E-state index contributed by atoms with van der Waals surface area (Å²) in [6.45, 7) is 0.470. The summed E-state index contributed by atoms with van der Waals surface area (Å²) in [7, 11) is 0. The van der Waals surface area contributed by atoms with Crippen LogP contribution in [0, 0.1) is 0 Å². The third kappa shape index (κ3) is 4.85. The lowest BCUT2D eigenvalue weighted by Gasteiger charge is -2.17. The maximum atomic E-state index is 12.6. The van der Waals surface area contributed by atoms with Crippen LogP contribution >= 0.6 is 0 Å². The number of pyridine rings is 2. The lowest BCUT2D eigenvalue weighted by molar-refractivity contribution is -0.274. The molecule has 0 aromatic carbocycles. The number of nitrogens with one attached hydrogen (secondary N) is 2. The molecule has 2 aliphatic rings. The van der Waals surface area contributed by atoms with Gasteiger partial charge in [0.2, 0.25) is 5.95 Å². The normalized spacial score (nSPS) is 19.7. The van der Waals surface area contributed by atoms with E-state index in [0.717, 1.165) is 37.2 Å². The molecule has 9 nitrogen and oxygen atoms in total. The lowest BCUT2D eigenvalue weighted by atomic mass is 10.2. The van der Waals surface area contributed by atoms with Gasteiger partial charge in [-0.3, -0.25) is 9.78 Å². The highest BCUT2D eigenvalue weighted by atomic mass is 19.4. The van der Waals surface area contributed by atoms with Crippen molar-refractivity contribution in [1.82, 2.24) is 19.9 Å². The molecule has 3 aromatic heterocycles. The summed E-state index contributed by atoms with van der Waals surface area (Å²) in [5, 5.41) is 6.52. The summed E-state index contributed by atoms with van der Waals surface area (Å²) in [5.74, 6) is 0.340. The maximum Gasteiger partial charge on any atom is 0.573 e. The molecule has 1 amide bonds. The Balaban J connectivity index is 1.13. The standard InChI is InChI=1S/C22H20F3N7O2/c23-22(24,25)34-17-10-28-21(29-11-17)31-15-4-3-14(8-15)30-18-6-5-16(9-27-18)32-12-13-2-1-7-26-19(13)20(32)33/h1-2,5-7,9-11,14-15H,3-4,8,12H2,(H,27,30)(H,28,29,31)/t14-,15-/m0/s1. The number of alkyl halides is 3. The molecule has 2 atom stereocenters. The fourth-order valence-corrected chi connectivity index (χ4v) is 4.18. The number of ether oxygens (including phenoxy) is 1. The van der Waals surface area contributed by atoms with Crippen molar-refractivity contribution < 1.29 is 22.7 Å². The van der Waals surface area contributed by atoms with Gasteiger partial charge < -0.3 is 20.3 Å². The maximum absolute atomic E-state index is 12.6. The highest BCUT2D eigenvalue weighted by Crippen LogP contribution is 2.29. The fraction of sp³-hybridized carbons (Fsp3) is 0.318. The number of hydrogen-bond acceptors (Lipinski definition) is 8. The largest absolute Gasteiger partial charge is 0.573 e. The molecule has 4 heterocycles. The topological polar surface area (TPSA) is 105 Å². The molecule has 0 radical (unpaired) electrons. The van der Waals surface area contributed by atoms with E-state index in [4.69, 9.17) is 0 Å². The number of nitrogens with zero attached hydrogens (tertiary/aromatic N) is 5. The van der Waals surface area contributed by atoms with Gasteiger partial charge in [-0.25, -0.2) is 15.0 Å². The zero-order valence-corrected chi connectivity index (χ0v) is 17.8. The molecule has 1 aliphatic carbocycles. The molecule has 5 rings (SSSR count). The van der Waals surface area contributed by atoms with Crippen molar-refractivity contribution in [2.24, 2.45) is 0 Å². The Morgan fingerprint density at radius 3 is 2.41 bits per heavy atom. The van der Waals surface area contributed by atoms with Gasteiger partial charge in [0, 0.05) is 23.8 Å². The third-order valence-corrected chi connectivity index (χ3v) is 5.71. The Hall–Kier alpha value is -3.96. The number of carbonyl (C=O) groups excluding carboxylic acids is 1. The summed E-state index contributed by atoms with van der Waals surface area (Å²) >= 11 is 0. The van der Waals surface area contributed by atoms with E-state index in [1.165, 1.54) is 0 Å². The summed E-state index contributed by atoms with van der Waals surface area (Å²) in [5.41, 5.74) is 2.07. The van der Waals surface area contributed by atoms with Gasteiger partial charge in [-0.1, -0.05) is 6.07 Å². The molecule has 176 valence electrons. The molecule has 2 N–H and O–H groups in total. The van der Waals surface area contributed by atoms with Crippen molar-refractivity contribution in [3.8, 4) is 5.75 Å². The highest BCUT2D eigenvalue weighted by molar-refractivity contribution is 6.08. The molecule has 0 bridgehead atoms. The van der Waals surface area contributed by atoms with Crippen LogP contribution in [0.5, 0.6) is 5.75 Å². The second-order valence-electron chi connectivity index (χ2n) is 8.09. The predicted molar refractivity (Wildman–Crippen MR) is 116 cm³/mol. The minimum absolute atomic E-state index is 0.0689.